The van der Waals surface area contributed by atoms with E-state index in [9.17, 15) is 10.0 Å². The minimum atomic E-state index is -0.0567. The van der Waals surface area contributed by atoms with Crippen LogP contribution in [-0.4, -0.2) is 21.7 Å². The quantitative estimate of drug-likeness (QED) is 0.403. The average molecular weight is 410 g/mol. The van der Waals surface area contributed by atoms with Crippen molar-refractivity contribution in [1.29, 1.82) is 0 Å². The first-order valence-corrected chi connectivity index (χ1v) is 10.1. The van der Waals surface area contributed by atoms with Crippen LogP contribution in [0.25, 0.3) is 10.9 Å². The maximum atomic E-state index is 12.4. The molecule has 0 radical (unpaired) electrons. The van der Waals surface area contributed by atoms with Crippen molar-refractivity contribution in [2.24, 2.45) is 0 Å². The fraction of sp³-hybridized carbons (Fsp3) is 0.550. The van der Waals surface area contributed by atoms with Gasteiger partial charge in [-0.05, 0) is 47.3 Å². The van der Waals surface area contributed by atoms with Gasteiger partial charge in [0.25, 0.3) is 0 Å². The summed E-state index contributed by atoms with van der Waals surface area (Å²) >= 11 is 3.36. The van der Waals surface area contributed by atoms with Crippen LogP contribution in [0.1, 0.15) is 63.5 Å². The molecule has 0 saturated heterocycles. The number of nitrogens with zero attached hydrogens (tertiary/aromatic N) is 1. The van der Waals surface area contributed by atoms with E-state index in [0.717, 1.165) is 30.4 Å². The van der Waals surface area contributed by atoms with Crippen molar-refractivity contribution in [3.05, 3.63) is 44.7 Å². The highest BCUT2D eigenvalue weighted by molar-refractivity contribution is 9.10. The Bertz CT molecular complexity index is 727. The number of aliphatic hydroxyl groups excluding tert-OH is 1. The number of hydrogen-bond acceptors (Lipinski definition) is 3. The van der Waals surface area contributed by atoms with Gasteiger partial charge < -0.3 is 10.3 Å². The van der Waals surface area contributed by atoms with Gasteiger partial charge in [0.05, 0.1) is 21.1 Å². The van der Waals surface area contributed by atoms with Crippen molar-refractivity contribution in [2.75, 3.05) is 6.61 Å². The second-order valence-corrected chi connectivity index (χ2v) is 7.37. The van der Waals surface area contributed by atoms with Crippen LogP contribution < -0.4 is 5.43 Å². The van der Waals surface area contributed by atoms with Crippen LogP contribution in [0.2, 0.25) is 0 Å². The van der Waals surface area contributed by atoms with Gasteiger partial charge in [0, 0.05) is 6.61 Å². The predicted octanol–water partition coefficient (Wildman–Crippen LogP) is 5.05. The molecule has 2 aromatic rings. The lowest BCUT2D eigenvalue weighted by atomic mass is 10.0. The molecule has 0 atom stereocenters. The summed E-state index contributed by atoms with van der Waals surface area (Å²) < 4.78 is 1.62. The van der Waals surface area contributed by atoms with Gasteiger partial charge in [0.2, 0.25) is 5.43 Å². The summed E-state index contributed by atoms with van der Waals surface area (Å²) in [5, 5.41) is 19.7. The first-order valence-electron chi connectivity index (χ1n) is 9.29. The second kappa shape index (κ2) is 10.6. The van der Waals surface area contributed by atoms with Gasteiger partial charge >= 0.3 is 0 Å². The fourth-order valence-corrected chi connectivity index (χ4v) is 3.78. The van der Waals surface area contributed by atoms with E-state index >= 15 is 0 Å². The summed E-state index contributed by atoms with van der Waals surface area (Å²) in [5.41, 5.74) is 1.17. The minimum Gasteiger partial charge on any atom is -0.428 e. The first kappa shape index (κ1) is 20.0. The van der Waals surface area contributed by atoms with E-state index in [1.165, 1.54) is 32.1 Å². The summed E-state index contributed by atoms with van der Waals surface area (Å²) in [6.07, 6.45) is 10.9. The molecule has 4 nitrogen and oxygen atoms in total. The van der Waals surface area contributed by atoms with E-state index in [-0.39, 0.29) is 5.43 Å². The molecule has 2 rings (SSSR count). The topological polar surface area (TPSA) is 62.5 Å². The monoisotopic (exact) mass is 409 g/mol. The zero-order valence-corrected chi connectivity index (χ0v) is 16.3. The van der Waals surface area contributed by atoms with Crippen LogP contribution >= 0.6 is 15.9 Å². The third-order valence-electron chi connectivity index (χ3n) is 4.66. The maximum Gasteiger partial charge on any atom is 0.204 e. The summed E-state index contributed by atoms with van der Waals surface area (Å²) in [6, 6.07) is 7.13. The third kappa shape index (κ3) is 5.58. The van der Waals surface area contributed by atoms with Crippen molar-refractivity contribution in [3.63, 3.8) is 0 Å². The molecule has 0 amide bonds. The minimum absolute atomic E-state index is 0.0567. The van der Waals surface area contributed by atoms with Gasteiger partial charge in [-0.1, -0.05) is 57.1 Å². The largest absolute Gasteiger partial charge is 0.428 e. The Balaban J connectivity index is 1.79. The lowest BCUT2D eigenvalue weighted by molar-refractivity contribution is 0.186. The highest BCUT2D eigenvalue weighted by Gasteiger charge is 2.14. The van der Waals surface area contributed by atoms with Gasteiger partial charge in [0.1, 0.15) is 0 Å². The average Bonchev–Trinajstić information content (AvgIpc) is 2.64. The van der Waals surface area contributed by atoms with Crippen molar-refractivity contribution < 1.29 is 10.3 Å². The predicted molar refractivity (Wildman–Crippen MR) is 105 cm³/mol. The number of pyridine rings is 1. The number of fused-ring (bicyclic) bond motifs is 1. The number of aromatic nitrogens is 1. The number of unbranched alkanes of at least 4 members (excludes halogenated alkanes) is 8. The van der Waals surface area contributed by atoms with Crippen LogP contribution in [0.3, 0.4) is 0 Å². The summed E-state index contributed by atoms with van der Waals surface area (Å²) in [7, 11) is 0. The Kier molecular flexibility index (Phi) is 8.49. The highest BCUT2D eigenvalue weighted by atomic mass is 79.9. The normalized spacial score (nSPS) is 11.3. The van der Waals surface area contributed by atoms with Gasteiger partial charge in [0.15, 0.2) is 0 Å². The van der Waals surface area contributed by atoms with E-state index in [4.69, 9.17) is 5.11 Å². The molecule has 0 aliphatic rings. The van der Waals surface area contributed by atoms with E-state index in [0.29, 0.717) is 34.1 Å². The van der Waals surface area contributed by atoms with Gasteiger partial charge in [-0.2, -0.15) is 4.73 Å². The number of para-hydroxylation sites is 1. The lowest BCUT2D eigenvalue weighted by Crippen LogP contribution is -2.15. The van der Waals surface area contributed by atoms with Crippen molar-refractivity contribution in [3.8, 4) is 0 Å². The summed E-state index contributed by atoms with van der Waals surface area (Å²) in [5.74, 6) is 0. The van der Waals surface area contributed by atoms with Gasteiger partial charge in [-0.25, -0.2) is 0 Å². The Morgan fingerprint density at radius 3 is 2.08 bits per heavy atom. The first-order chi connectivity index (χ1) is 12.2. The van der Waals surface area contributed by atoms with Gasteiger partial charge in [-0.3, -0.25) is 4.79 Å². The molecule has 0 unspecified atom stereocenters. The van der Waals surface area contributed by atoms with E-state index in [2.05, 4.69) is 15.9 Å². The molecule has 0 bridgehead atoms. The molecular weight excluding hydrogens is 382 g/mol. The van der Waals surface area contributed by atoms with Crippen LogP contribution in [-0.2, 0) is 6.42 Å². The van der Waals surface area contributed by atoms with Gasteiger partial charge in [-0.15, -0.1) is 0 Å². The van der Waals surface area contributed by atoms with Crippen LogP contribution in [0.4, 0.5) is 0 Å². The number of hydrogen-bond donors (Lipinski definition) is 2. The third-order valence-corrected chi connectivity index (χ3v) is 5.47. The molecular formula is C20H28BrNO3. The molecule has 25 heavy (non-hydrogen) atoms. The standard InChI is InChI=1S/C20H28BrNO3/c21-19-18(14-8-6-4-2-1-3-5-7-11-15-23)22(25)17-13-10-9-12-16(17)20(19)24/h9-10,12-13,23,25H,1-8,11,14-15H2. The molecule has 0 aliphatic heterocycles. The molecule has 1 aromatic carbocycles. The maximum absolute atomic E-state index is 12.4. The number of benzene rings is 1. The Morgan fingerprint density at radius 1 is 0.880 bits per heavy atom. The fourth-order valence-electron chi connectivity index (χ4n) is 3.20. The molecule has 138 valence electrons. The van der Waals surface area contributed by atoms with E-state index < -0.39 is 0 Å². The molecule has 0 spiro atoms. The van der Waals surface area contributed by atoms with Crippen LogP contribution in [0.15, 0.2) is 33.5 Å². The zero-order valence-electron chi connectivity index (χ0n) is 14.7. The molecule has 5 heteroatoms. The van der Waals surface area contributed by atoms with Crippen LogP contribution in [0, 0.1) is 0 Å². The smallest absolute Gasteiger partial charge is 0.204 e. The molecule has 1 aromatic heterocycles. The van der Waals surface area contributed by atoms with Crippen LogP contribution in [0.5, 0.6) is 0 Å². The van der Waals surface area contributed by atoms with Crippen molar-refractivity contribution >= 4 is 26.8 Å². The number of halogens is 1. The highest BCUT2D eigenvalue weighted by Crippen LogP contribution is 2.21. The molecule has 0 fully saturated rings. The Hall–Kier alpha value is -1.33. The summed E-state index contributed by atoms with van der Waals surface area (Å²) in [4.78, 5) is 12.4. The van der Waals surface area contributed by atoms with Crippen molar-refractivity contribution in [1.82, 2.24) is 4.73 Å². The Labute approximate surface area is 157 Å². The lowest BCUT2D eigenvalue weighted by Gasteiger charge is -2.12. The van der Waals surface area contributed by atoms with E-state index in [1.54, 1.807) is 18.2 Å². The Morgan fingerprint density at radius 2 is 1.44 bits per heavy atom. The summed E-state index contributed by atoms with van der Waals surface area (Å²) in [6.45, 7) is 0.306. The molecule has 2 N–H and O–H groups in total. The van der Waals surface area contributed by atoms with E-state index in [1.807, 2.05) is 6.07 Å². The number of rotatable bonds is 11. The van der Waals surface area contributed by atoms with Crippen molar-refractivity contribution in [2.45, 2.75) is 64.2 Å². The molecule has 0 saturated carbocycles. The second-order valence-electron chi connectivity index (χ2n) is 6.57. The molecule has 1 heterocycles. The zero-order chi connectivity index (χ0) is 18.1. The molecule has 0 aliphatic carbocycles. The SMILES string of the molecule is O=c1c(Br)c(CCCCCCCCCCCO)n(O)c2ccccc12. The number of aliphatic hydroxyl groups is 1.